The summed E-state index contributed by atoms with van der Waals surface area (Å²) in [6.07, 6.45) is 1.71. The fourth-order valence-corrected chi connectivity index (χ4v) is 2.31. The van der Waals surface area contributed by atoms with Gasteiger partial charge in [0.1, 0.15) is 5.15 Å². The first kappa shape index (κ1) is 12.0. The molecule has 0 radical (unpaired) electrons. The Morgan fingerprint density at radius 2 is 2.00 bits per heavy atom. The Hall–Kier alpha value is -1.46. The molecule has 0 bridgehead atoms. The third-order valence-corrected chi connectivity index (χ3v) is 3.73. The van der Waals surface area contributed by atoms with Crippen molar-refractivity contribution >= 4 is 38.6 Å². The van der Waals surface area contributed by atoms with Gasteiger partial charge >= 0.3 is 0 Å². The summed E-state index contributed by atoms with van der Waals surface area (Å²) in [6.45, 7) is 0. The molecule has 0 atom stereocenters. The van der Waals surface area contributed by atoms with Crippen LogP contribution in [0, 0.1) is 0 Å². The number of carbonyl (C=O) groups excluding carboxylic acids is 1. The molecule has 0 saturated carbocycles. The van der Waals surface area contributed by atoms with Crippen molar-refractivity contribution in [1.82, 2.24) is 4.98 Å². The van der Waals surface area contributed by atoms with Crippen molar-refractivity contribution in [3.63, 3.8) is 0 Å². The summed E-state index contributed by atoms with van der Waals surface area (Å²) in [7, 11) is -3.27. The highest BCUT2D eigenvalue weighted by atomic mass is 35.5. The van der Waals surface area contributed by atoms with Crippen molar-refractivity contribution in [3.05, 3.63) is 35.0 Å². The van der Waals surface area contributed by atoms with Crippen LogP contribution < -0.4 is 0 Å². The van der Waals surface area contributed by atoms with E-state index in [0.717, 1.165) is 6.26 Å². The molecule has 0 unspecified atom stereocenters. The second-order valence-electron chi connectivity index (χ2n) is 3.61. The van der Waals surface area contributed by atoms with Crippen LogP contribution in [0.1, 0.15) is 10.4 Å². The van der Waals surface area contributed by atoms with Crippen LogP contribution in [0.4, 0.5) is 0 Å². The van der Waals surface area contributed by atoms with Crippen LogP contribution in [0.2, 0.25) is 5.15 Å². The largest absolute Gasteiger partial charge is 0.298 e. The fourth-order valence-electron chi connectivity index (χ4n) is 1.46. The van der Waals surface area contributed by atoms with Gasteiger partial charge in [-0.1, -0.05) is 11.6 Å². The van der Waals surface area contributed by atoms with E-state index in [-0.39, 0.29) is 15.6 Å². The van der Waals surface area contributed by atoms with E-state index in [1.54, 1.807) is 6.07 Å². The van der Waals surface area contributed by atoms with E-state index < -0.39 is 9.84 Å². The van der Waals surface area contributed by atoms with Crippen LogP contribution in [-0.2, 0) is 9.84 Å². The van der Waals surface area contributed by atoms with Gasteiger partial charge < -0.3 is 0 Å². The molecule has 2 aromatic rings. The number of aromatic nitrogens is 1. The molecule has 1 heterocycles. The first-order valence-electron chi connectivity index (χ1n) is 4.67. The fraction of sp³-hybridized carbons (Fsp3) is 0.0909. The molecule has 0 amide bonds. The summed E-state index contributed by atoms with van der Waals surface area (Å²) in [6, 6.07) is 6.01. The quantitative estimate of drug-likeness (QED) is 0.619. The van der Waals surface area contributed by atoms with Crippen molar-refractivity contribution in [1.29, 1.82) is 0 Å². The van der Waals surface area contributed by atoms with E-state index in [1.807, 2.05) is 0 Å². The second-order valence-corrected chi connectivity index (χ2v) is 5.99. The number of hydrogen-bond donors (Lipinski definition) is 0. The Balaban J connectivity index is 2.77. The van der Waals surface area contributed by atoms with Gasteiger partial charge in [0.25, 0.3) is 0 Å². The van der Waals surface area contributed by atoms with E-state index in [0.29, 0.717) is 17.2 Å². The molecule has 4 nitrogen and oxygen atoms in total. The van der Waals surface area contributed by atoms with Gasteiger partial charge in [-0.3, -0.25) is 4.79 Å². The van der Waals surface area contributed by atoms with E-state index in [1.165, 1.54) is 18.2 Å². The van der Waals surface area contributed by atoms with Crippen molar-refractivity contribution in [3.8, 4) is 0 Å². The molecular weight excluding hydrogens is 262 g/mol. The number of sulfone groups is 1. The monoisotopic (exact) mass is 269 g/mol. The van der Waals surface area contributed by atoms with Crippen LogP contribution in [-0.4, -0.2) is 25.9 Å². The van der Waals surface area contributed by atoms with Gasteiger partial charge in [-0.15, -0.1) is 0 Å². The van der Waals surface area contributed by atoms with Gasteiger partial charge in [-0.05, 0) is 24.3 Å². The Morgan fingerprint density at radius 1 is 1.29 bits per heavy atom. The van der Waals surface area contributed by atoms with Crippen LogP contribution in [0.15, 0.2) is 29.2 Å². The predicted octanol–water partition coefficient (Wildman–Crippen LogP) is 2.10. The van der Waals surface area contributed by atoms with Gasteiger partial charge in [-0.25, -0.2) is 13.4 Å². The van der Waals surface area contributed by atoms with Gasteiger partial charge in [0.2, 0.25) is 0 Å². The third-order valence-electron chi connectivity index (χ3n) is 2.32. The average molecular weight is 270 g/mol. The van der Waals surface area contributed by atoms with Gasteiger partial charge in [-0.2, -0.15) is 0 Å². The maximum absolute atomic E-state index is 11.4. The van der Waals surface area contributed by atoms with Crippen LogP contribution in [0.25, 0.3) is 10.9 Å². The van der Waals surface area contributed by atoms with Crippen molar-refractivity contribution in [2.45, 2.75) is 4.90 Å². The Kier molecular flexibility index (Phi) is 2.89. The minimum atomic E-state index is -3.27. The van der Waals surface area contributed by atoms with E-state index in [4.69, 9.17) is 11.6 Å². The normalized spacial score (nSPS) is 11.6. The Labute approximate surface area is 103 Å². The molecule has 1 aromatic heterocycles. The minimum absolute atomic E-state index is 0.111. The zero-order valence-corrected chi connectivity index (χ0v) is 10.4. The van der Waals surface area contributed by atoms with Crippen molar-refractivity contribution in [2.75, 3.05) is 6.26 Å². The molecule has 0 aliphatic carbocycles. The van der Waals surface area contributed by atoms with Crippen LogP contribution in [0.3, 0.4) is 0 Å². The number of hydrogen-bond acceptors (Lipinski definition) is 4. The SMILES string of the molecule is CS(=O)(=O)c1ccc2nc(Cl)c(C=O)cc2c1. The van der Waals surface area contributed by atoms with Crippen molar-refractivity contribution < 1.29 is 13.2 Å². The number of aldehydes is 1. The van der Waals surface area contributed by atoms with Gasteiger partial charge in [0.05, 0.1) is 16.0 Å². The molecule has 0 N–H and O–H groups in total. The predicted molar refractivity (Wildman–Crippen MR) is 65.3 cm³/mol. The summed E-state index contributed by atoms with van der Waals surface area (Å²) in [5.41, 5.74) is 0.790. The maximum atomic E-state index is 11.4. The molecule has 6 heteroatoms. The maximum Gasteiger partial charge on any atom is 0.175 e. The number of carbonyl (C=O) groups is 1. The third kappa shape index (κ3) is 2.30. The molecule has 1 aromatic carbocycles. The van der Waals surface area contributed by atoms with E-state index in [9.17, 15) is 13.2 Å². The summed E-state index contributed by atoms with van der Waals surface area (Å²) in [5.74, 6) is 0. The second kappa shape index (κ2) is 4.09. The summed E-state index contributed by atoms with van der Waals surface area (Å²) in [5, 5.41) is 0.680. The molecule has 0 aliphatic rings. The topological polar surface area (TPSA) is 64.1 Å². The molecule has 0 fully saturated rings. The molecule has 17 heavy (non-hydrogen) atoms. The molecule has 0 aliphatic heterocycles. The lowest BCUT2D eigenvalue weighted by molar-refractivity contribution is 0.112. The Bertz CT molecular complexity index is 710. The number of nitrogens with zero attached hydrogens (tertiary/aromatic N) is 1. The van der Waals surface area contributed by atoms with Gasteiger partial charge in [0.15, 0.2) is 16.1 Å². The molecule has 0 spiro atoms. The molecular formula is C11H8ClNO3S. The standard InChI is InChI=1S/C11H8ClNO3S/c1-17(15,16)9-2-3-10-7(5-9)4-8(6-14)11(12)13-10/h2-6H,1H3. The summed E-state index contributed by atoms with van der Waals surface area (Å²) in [4.78, 5) is 14.9. The van der Waals surface area contributed by atoms with Gasteiger partial charge in [0, 0.05) is 11.6 Å². The highest BCUT2D eigenvalue weighted by molar-refractivity contribution is 7.90. The summed E-state index contributed by atoms with van der Waals surface area (Å²) < 4.78 is 22.8. The smallest absolute Gasteiger partial charge is 0.175 e. The number of fused-ring (bicyclic) bond motifs is 1. The number of rotatable bonds is 2. The Morgan fingerprint density at radius 3 is 2.59 bits per heavy atom. The zero-order valence-electron chi connectivity index (χ0n) is 8.84. The lowest BCUT2D eigenvalue weighted by Crippen LogP contribution is -1.97. The van der Waals surface area contributed by atoms with E-state index in [2.05, 4.69) is 4.98 Å². The zero-order chi connectivity index (χ0) is 12.6. The average Bonchev–Trinajstić information content (AvgIpc) is 2.26. The lowest BCUT2D eigenvalue weighted by atomic mass is 10.2. The lowest BCUT2D eigenvalue weighted by Gasteiger charge is -2.03. The minimum Gasteiger partial charge on any atom is -0.298 e. The first-order chi connectivity index (χ1) is 7.91. The summed E-state index contributed by atoms with van der Waals surface area (Å²) >= 11 is 5.77. The van der Waals surface area contributed by atoms with E-state index >= 15 is 0 Å². The first-order valence-corrected chi connectivity index (χ1v) is 6.94. The molecule has 88 valence electrons. The number of halogens is 1. The highest BCUT2D eigenvalue weighted by Crippen LogP contribution is 2.22. The van der Waals surface area contributed by atoms with Crippen molar-refractivity contribution in [2.24, 2.45) is 0 Å². The molecule has 2 rings (SSSR count). The number of pyridine rings is 1. The molecule has 0 saturated heterocycles. The van der Waals surface area contributed by atoms with Crippen LogP contribution >= 0.6 is 11.6 Å². The highest BCUT2D eigenvalue weighted by Gasteiger charge is 2.10. The van der Waals surface area contributed by atoms with Crippen LogP contribution in [0.5, 0.6) is 0 Å². The number of benzene rings is 1.